The summed E-state index contributed by atoms with van der Waals surface area (Å²) in [6.07, 6.45) is -0.222. The monoisotopic (exact) mass is 523 g/mol. The number of para-hydroxylation sites is 1. The van der Waals surface area contributed by atoms with Crippen LogP contribution in [0, 0.1) is 5.41 Å². The molecule has 9 nitrogen and oxygen atoms in total. The smallest absolute Gasteiger partial charge is 0.415 e. The molecule has 0 bridgehead atoms. The molecule has 1 fully saturated rings. The number of alkyl carbamates (subject to hydrolysis) is 1. The van der Waals surface area contributed by atoms with Crippen molar-refractivity contribution in [3.05, 3.63) is 66.2 Å². The zero-order valence-electron chi connectivity index (χ0n) is 22.4. The molecule has 2 aromatic rings. The van der Waals surface area contributed by atoms with Crippen LogP contribution in [0.4, 0.5) is 9.59 Å². The first-order valence-corrected chi connectivity index (χ1v) is 13.0. The van der Waals surface area contributed by atoms with Gasteiger partial charge in [0.25, 0.3) is 5.91 Å². The number of carbonyl (C=O) groups is 4. The van der Waals surface area contributed by atoms with Crippen LogP contribution in [0.5, 0.6) is 5.75 Å². The Bertz CT molecular complexity index is 1110. The Hall–Kier alpha value is -3.88. The highest BCUT2D eigenvalue weighted by Gasteiger charge is 2.45. The number of unbranched alkanes of at least 4 members (excludes halogenated alkanes) is 1. The molecule has 2 N–H and O–H groups in total. The van der Waals surface area contributed by atoms with E-state index in [1.807, 2.05) is 57.2 Å². The largest absolute Gasteiger partial charge is 0.444 e. The Balaban J connectivity index is 1.59. The normalized spacial score (nSPS) is 17.7. The summed E-state index contributed by atoms with van der Waals surface area (Å²) < 4.78 is 11.1. The quantitative estimate of drug-likeness (QED) is 0.439. The summed E-state index contributed by atoms with van der Waals surface area (Å²) in [5, 5.41) is 5.30. The molecule has 0 saturated carbocycles. The lowest BCUT2D eigenvalue weighted by atomic mass is 9.90. The van der Waals surface area contributed by atoms with Crippen LogP contribution in [0.1, 0.15) is 58.6 Å². The third kappa shape index (κ3) is 7.81. The fourth-order valence-electron chi connectivity index (χ4n) is 4.33. The molecule has 3 rings (SSSR count). The van der Waals surface area contributed by atoms with Gasteiger partial charge in [0.05, 0.1) is 12.6 Å². The summed E-state index contributed by atoms with van der Waals surface area (Å²) in [4.78, 5) is 52.7. The molecule has 204 valence electrons. The Morgan fingerprint density at radius 2 is 1.63 bits per heavy atom. The maximum absolute atomic E-state index is 13.0. The van der Waals surface area contributed by atoms with Crippen LogP contribution in [-0.4, -0.2) is 54.0 Å². The number of likely N-dealkylation sites (tertiary alicyclic amines) is 1. The van der Waals surface area contributed by atoms with Gasteiger partial charge in [-0.2, -0.15) is 0 Å². The van der Waals surface area contributed by atoms with Gasteiger partial charge < -0.3 is 25.0 Å². The minimum absolute atomic E-state index is 0.148. The minimum Gasteiger partial charge on any atom is -0.444 e. The van der Waals surface area contributed by atoms with E-state index >= 15 is 0 Å². The van der Waals surface area contributed by atoms with Gasteiger partial charge in [-0.25, -0.2) is 9.59 Å². The van der Waals surface area contributed by atoms with Crippen LogP contribution < -0.4 is 15.4 Å². The Kier molecular flexibility index (Phi) is 9.87. The molecule has 38 heavy (non-hydrogen) atoms. The first-order valence-electron chi connectivity index (χ1n) is 13.0. The maximum Gasteiger partial charge on any atom is 0.415 e. The fraction of sp³-hybridized carbons (Fsp3) is 0.448. The summed E-state index contributed by atoms with van der Waals surface area (Å²) in [6, 6.07) is 16.7. The summed E-state index contributed by atoms with van der Waals surface area (Å²) in [5.74, 6) is -1.06. The molecule has 2 unspecified atom stereocenters. The number of rotatable bonds is 10. The molecule has 3 amide bonds. The van der Waals surface area contributed by atoms with Gasteiger partial charge in [-0.1, -0.05) is 82.1 Å². The van der Waals surface area contributed by atoms with Crippen molar-refractivity contribution in [2.24, 2.45) is 5.41 Å². The van der Waals surface area contributed by atoms with E-state index in [0.717, 1.165) is 12.0 Å². The third-order valence-corrected chi connectivity index (χ3v) is 6.64. The van der Waals surface area contributed by atoms with E-state index in [4.69, 9.17) is 9.47 Å². The van der Waals surface area contributed by atoms with E-state index in [9.17, 15) is 19.2 Å². The molecule has 1 aliphatic rings. The maximum atomic E-state index is 13.0. The second kappa shape index (κ2) is 13.1. The summed E-state index contributed by atoms with van der Waals surface area (Å²) >= 11 is 0. The molecule has 1 heterocycles. The Morgan fingerprint density at radius 1 is 1.00 bits per heavy atom. The van der Waals surface area contributed by atoms with Crippen LogP contribution >= 0.6 is 0 Å². The standard InChI is InChI=1S/C29H37N3O6/c1-5-6-17-23(25(33)26(34)30-20(2)21-13-9-7-10-14-21)31-27(35)38-24-18-32(19-29(24,3)4)28(36)37-22-15-11-8-12-16-22/h7-16,20,23-24H,5-6,17-19H2,1-4H3,(H,30,34)(H,31,35)/t20-,23?,24?/m1/s1. The van der Waals surface area contributed by atoms with Gasteiger partial charge in [0.1, 0.15) is 17.9 Å². The lowest BCUT2D eigenvalue weighted by molar-refractivity contribution is -0.139. The van der Waals surface area contributed by atoms with Gasteiger partial charge in [0.2, 0.25) is 5.78 Å². The van der Waals surface area contributed by atoms with Gasteiger partial charge in [0.15, 0.2) is 0 Å². The predicted octanol–water partition coefficient (Wildman–Crippen LogP) is 4.63. The van der Waals surface area contributed by atoms with Crippen molar-refractivity contribution in [2.45, 2.75) is 65.1 Å². The second-order valence-electron chi connectivity index (χ2n) is 10.3. The van der Waals surface area contributed by atoms with Crippen molar-refractivity contribution in [2.75, 3.05) is 13.1 Å². The predicted molar refractivity (Wildman–Crippen MR) is 143 cm³/mol. The first kappa shape index (κ1) is 28.7. The van der Waals surface area contributed by atoms with Crippen molar-refractivity contribution in [1.29, 1.82) is 0 Å². The van der Waals surface area contributed by atoms with E-state index in [1.165, 1.54) is 4.90 Å². The van der Waals surface area contributed by atoms with Crippen molar-refractivity contribution in [3.8, 4) is 5.75 Å². The van der Waals surface area contributed by atoms with E-state index in [0.29, 0.717) is 25.1 Å². The van der Waals surface area contributed by atoms with Crippen LogP contribution in [0.15, 0.2) is 60.7 Å². The van der Waals surface area contributed by atoms with E-state index < -0.39 is 41.4 Å². The number of nitrogens with zero attached hydrogens (tertiary/aromatic N) is 1. The summed E-state index contributed by atoms with van der Waals surface area (Å²) in [5.41, 5.74) is 0.322. The average Bonchev–Trinajstić information content (AvgIpc) is 3.20. The highest BCUT2D eigenvalue weighted by atomic mass is 16.6. The lowest BCUT2D eigenvalue weighted by Gasteiger charge is -2.26. The molecule has 0 aliphatic carbocycles. The van der Waals surface area contributed by atoms with Crippen LogP contribution in [0.2, 0.25) is 0 Å². The van der Waals surface area contributed by atoms with Crippen molar-refractivity contribution < 1.29 is 28.7 Å². The molecule has 9 heteroatoms. The summed E-state index contributed by atoms with van der Waals surface area (Å²) in [6.45, 7) is 8.00. The van der Waals surface area contributed by atoms with Gasteiger partial charge in [-0.15, -0.1) is 0 Å². The van der Waals surface area contributed by atoms with Crippen molar-refractivity contribution in [1.82, 2.24) is 15.5 Å². The van der Waals surface area contributed by atoms with Gasteiger partial charge in [-0.05, 0) is 31.0 Å². The number of hydrogen-bond acceptors (Lipinski definition) is 6. The molecule has 1 aliphatic heterocycles. The highest BCUT2D eigenvalue weighted by Crippen LogP contribution is 2.32. The zero-order chi connectivity index (χ0) is 27.7. The topological polar surface area (TPSA) is 114 Å². The van der Waals surface area contributed by atoms with Crippen LogP contribution in [-0.2, 0) is 14.3 Å². The molecule has 0 aromatic heterocycles. The number of hydrogen-bond donors (Lipinski definition) is 2. The molecule has 2 aromatic carbocycles. The number of benzene rings is 2. The number of ketones is 1. The highest BCUT2D eigenvalue weighted by molar-refractivity contribution is 6.38. The van der Waals surface area contributed by atoms with Gasteiger partial charge in [-0.3, -0.25) is 9.59 Å². The number of amides is 3. The zero-order valence-corrected chi connectivity index (χ0v) is 22.4. The van der Waals surface area contributed by atoms with E-state index in [2.05, 4.69) is 10.6 Å². The first-order chi connectivity index (χ1) is 18.1. The van der Waals surface area contributed by atoms with Crippen LogP contribution in [0.3, 0.4) is 0 Å². The summed E-state index contributed by atoms with van der Waals surface area (Å²) in [7, 11) is 0. The van der Waals surface area contributed by atoms with Gasteiger partial charge in [0, 0.05) is 12.0 Å². The fourth-order valence-corrected chi connectivity index (χ4v) is 4.33. The van der Waals surface area contributed by atoms with Crippen molar-refractivity contribution in [3.63, 3.8) is 0 Å². The van der Waals surface area contributed by atoms with Crippen molar-refractivity contribution >= 4 is 23.9 Å². The van der Waals surface area contributed by atoms with Crippen LogP contribution in [0.25, 0.3) is 0 Å². The number of Topliss-reactive ketones (excluding diaryl/α,β-unsaturated/α-hetero) is 1. The number of carbonyl (C=O) groups excluding carboxylic acids is 4. The van der Waals surface area contributed by atoms with Gasteiger partial charge >= 0.3 is 12.2 Å². The molecule has 1 saturated heterocycles. The SMILES string of the molecule is CCCCC(NC(=O)OC1CN(C(=O)Oc2ccccc2)CC1(C)C)C(=O)C(=O)N[C@H](C)c1ccccc1. The van der Waals surface area contributed by atoms with E-state index in [-0.39, 0.29) is 12.6 Å². The lowest BCUT2D eigenvalue weighted by Crippen LogP contribution is -2.49. The molecule has 3 atom stereocenters. The minimum atomic E-state index is -1.02. The molecular weight excluding hydrogens is 486 g/mol. The number of nitrogens with one attached hydrogen (secondary N) is 2. The Morgan fingerprint density at radius 3 is 2.26 bits per heavy atom. The molecule has 0 spiro atoms. The van der Waals surface area contributed by atoms with E-state index in [1.54, 1.807) is 31.2 Å². The second-order valence-corrected chi connectivity index (χ2v) is 10.3. The third-order valence-electron chi connectivity index (χ3n) is 6.64. The average molecular weight is 524 g/mol. The molecular formula is C29H37N3O6. The Labute approximate surface area is 223 Å². The molecule has 0 radical (unpaired) electrons. The number of ether oxygens (including phenoxy) is 2.